The van der Waals surface area contributed by atoms with Gasteiger partial charge in [-0.2, -0.15) is 18.3 Å². The third-order valence-corrected chi connectivity index (χ3v) is 6.08. The van der Waals surface area contributed by atoms with E-state index >= 15 is 0 Å². The van der Waals surface area contributed by atoms with Crippen molar-refractivity contribution < 1.29 is 17.9 Å². The molecule has 0 aliphatic heterocycles. The van der Waals surface area contributed by atoms with Gasteiger partial charge in [0.1, 0.15) is 24.2 Å². The molecule has 1 saturated carbocycles. The van der Waals surface area contributed by atoms with Gasteiger partial charge in [0.15, 0.2) is 6.61 Å². The molecule has 0 saturated heterocycles. The van der Waals surface area contributed by atoms with E-state index in [0.29, 0.717) is 36.5 Å². The summed E-state index contributed by atoms with van der Waals surface area (Å²) >= 11 is 0. The maximum atomic E-state index is 12.8. The van der Waals surface area contributed by atoms with Crippen LogP contribution in [0.25, 0.3) is 5.69 Å². The van der Waals surface area contributed by atoms with Crippen molar-refractivity contribution in [2.75, 3.05) is 11.5 Å². The van der Waals surface area contributed by atoms with Crippen LogP contribution in [0.5, 0.6) is 5.75 Å². The monoisotopic (exact) mass is 497 g/mol. The van der Waals surface area contributed by atoms with Crippen LogP contribution in [0, 0.1) is 13.8 Å². The maximum absolute atomic E-state index is 12.8. The standard InChI is InChI=1S/C25H26F3N7O/c1-17-3-6-20(23(11-17)36-14-25(26,27)28)13-33-18(2)31-32-24(33)34(21-9-10-21)12-19-4-7-22(8-5-19)35-16-29-15-30-35/h3-8,11,15-16,21H,9-10,12-14H2,1-2H3. The lowest BCUT2D eigenvalue weighted by Gasteiger charge is -2.25. The highest BCUT2D eigenvalue weighted by Gasteiger charge is 2.33. The second-order valence-electron chi connectivity index (χ2n) is 9.01. The Hall–Kier alpha value is -3.89. The van der Waals surface area contributed by atoms with E-state index < -0.39 is 12.8 Å². The van der Waals surface area contributed by atoms with E-state index in [2.05, 4.69) is 25.2 Å². The fourth-order valence-corrected chi connectivity index (χ4v) is 4.07. The molecule has 0 atom stereocenters. The molecule has 0 bridgehead atoms. The normalized spacial score (nSPS) is 13.7. The molecule has 2 aromatic carbocycles. The van der Waals surface area contributed by atoms with Crippen molar-refractivity contribution in [3.63, 3.8) is 0 Å². The summed E-state index contributed by atoms with van der Waals surface area (Å²) in [6.45, 7) is 3.26. The fraction of sp³-hybridized carbons (Fsp3) is 0.360. The largest absolute Gasteiger partial charge is 0.484 e. The van der Waals surface area contributed by atoms with E-state index in [0.717, 1.165) is 29.7 Å². The second kappa shape index (κ2) is 9.63. The molecule has 0 radical (unpaired) electrons. The molecular weight excluding hydrogens is 471 g/mol. The number of hydrogen-bond donors (Lipinski definition) is 0. The van der Waals surface area contributed by atoms with Gasteiger partial charge in [0.25, 0.3) is 0 Å². The molecule has 5 rings (SSSR count). The third kappa shape index (κ3) is 5.50. The lowest BCUT2D eigenvalue weighted by Crippen LogP contribution is -2.28. The molecule has 0 unspecified atom stereocenters. The summed E-state index contributed by atoms with van der Waals surface area (Å²) in [5.74, 6) is 1.59. The van der Waals surface area contributed by atoms with Crippen molar-refractivity contribution in [3.8, 4) is 11.4 Å². The fourth-order valence-electron chi connectivity index (χ4n) is 4.07. The first-order valence-corrected chi connectivity index (χ1v) is 11.7. The topological polar surface area (TPSA) is 73.9 Å². The number of rotatable bonds is 9. The number of aromatic nitrogens is 6. The Morgan fingerprint density at radius 1 is 1.06 bits per heavy atom. The number of aryl methyl sites for hydroxylation is 2. The summed E-state index contributed by atoms with van der Waals surface area (Å²) in [4.78, 5) is 6.20. The zero-order valence-corrected chi connectivity index (χ0v) is 20.0. The molecule has 36 heavy (non-hydrogen) atoms. The van der Waals surface area contributed by atoms with E-state index in [4.69, 9.17) is 4.74 Å². The van der Waals surface area contributed by atoms with Crippen molar-refractivity contribution >= 4 is 5.95 Å². The predicted molar refractivity (Wildman–Crippen MR) is 127 cm³/mol. The van der Waals surface area contributed by atoms with Crippen LogP contribution in [-0.2, 0) is 13.1 Å². The Morgan fingerprint density at radius 2 is 1.83 bits per heavy atom. The van der Waals surface area contributed by atoms with E-state index in [-0.39, 0.29) is 5.75 Å². The Kier molecular flexibility index (Phi) is 6.38. The van der Waals surface area contributed by atoms with E-state index in [1.807, 2.05) is 48.7 Å². The number of benzene rings is 2. The average Bonchev–Trinajstić information content (AvgIpc) is 3.41. The van der Waals surface area contributed by atoms with Gasteiger partial charge in [-0.05, 0) is 56.0 Å². The van der Waals surface area contributed by atoms with Crippen molar-refractivity contribution in [1.29, 1.82) is 0 Å². The molecule has 0 spiro atoms. The van der Waals surface area contributed by atoms with Crippen LogP contribution in [0.1, 0.15) is 35.4 Å². The molecule has 2 aromatic heterocycles. The van der Waals surface area contributed by atoms with Crippen LogP contribution < -0.4 is 9.64 Å². The summed E-state index contributed by atoms with van der Waals surface area (Å²) in [6, 6.07) is 13.7. The minimum absolute atomic E-state index is 0.216. The van der Waals surface area contributed by atoms with Gasteiger partial charge in [-0.1, -0.05) is 24.3 Å². The molecule has 11 heteroatoms. The molecule has 8 nitrogen and oxygen atoms in total. The smallest absolute Gasteiger partial charge is 0.422 e. The Bertz CT molecular complexity index is 1310. The molecule has 1 aliphatic rings. The number of halogens is 3. The Morgan fingerprint density at radius 3 is 2.50 bits per heavy atom. The summed E-state index contributed by atoms with van der Waals surface area (Å²) < 4.78 is 47.3. The van der Waals surface area contributed by atoms with Crippen LogP contribution in [0.3, 0.4) is 0 Å². The van der Waals surface area contributed by atoms with Crippen LogP contribution in [0.2, 0.25) is 0 Å². The summed E-state index contributed by atoms with van der Waals surface area (Å²) in [5, 5.41) is 12.9. The van der Waals surface area contributed by atoms with Crippen LogP contribution in [0.4, 0.5) is 19.1 Å². The van der Waals surface area contributed by atoms with Gasteiger partial charge in [0.05, 0.1) is 12.2 Å². The number of anilines is 1. The first-order valence-electron chi connectivity index (χ1n) is 11.7. The number of alkyl halides is 3. The average molecular weight is 498 g/mol. The van der Waals surface area contributed by atoms with Gasteiger partial charge in [-0.25, -0.2) is 9.67 Å². The molecule has 0 amide bonds. The van der Waals surface area contributed by atoms with Gasteiger partial charge in [0.2, 0.25) is 5.95 Å². The van der Waals surface area contributed by atoms with Crippen LogP contribution >= 0.6 is 0 Å². The predicted octanol–water partition coefficient (Wildman–Crippen LogP) is 4.63. The summed E-state index contributed by atoms with van der Waals surface area (Å²) in [7, 11) is 0. The molecule has 1 fully saturated rings. The summed E-state index contributed by atoms with van der Waals surface area (Å²) in [5.41, 5.74) is 3.48. The summed E-state index contributed by atoms with van der Waals surface area (Å²) in [6.07, 6.45) is 0.825. The van der Waals surface area contributed by atoms with Crippen LogP contribution in [-0.4, -0.2) is 48.4 Å². The van der Waals surface area contributed by atoms with Crippen molar-refractivity contribution in [2.45, 2.75) is 52.0 Å². The first kappa shape index (κ1) is 23.8. The maximum Gasteiger partial charge on any atom is 0.422 e. The van der Waals surface area contributed by atoms with Gasteiger partial charge in [-0.3, -0.25) is 4.57 Å². The zero-order valence-electron chi connectivity index (χ0n) is 20.0. The quantitative estimate of drug-likeness (QED) is 0.336. The van der Waals surface area contributed by atoms with E-state index in [9.17, 15) is 13.2 Å². The minimum Gasteiger partial charge on any atom is -0.484 e. The number of hydrogen-bond acceptors (Lipinski definition) is 6. The lowest BCUT2D eigenvalue weighted by atomic mass is 10.1. The SMILES string of the molecule is Cc1ccc(Cn2c(C)nnc2N(Cc2ccc(-n3cncn3)cc2)C2CC2)c(OCC(F)(F)F)c1. The number of ether oxygens (including phenoxy) is 1. The molecule has 0 N–H and O–H groups in total. The van der Waals surface area contributed by atoms with Crippen molar-refractivity contribution in [3.05, 3.63) is 77.6 Å². The highest BCUT2D eigenvalue weighted by Crippen LogP contribution is 2.34. The first-order chi connectivity index (χ1) is 17.3. The van der Waals surface area contributed by atoms with Crippen LogP contribution in [0.15, 0.2) is 55.1 Å². The van der Waals surface area contributed by atoms with E-state index in [1.165, 1.54) is 6.33 Å². The zero-order chi connectivity index (χ0) is 25.3. The lowest BCUT2D eigenvalue weighted by molar-refractivity contribution is -0.153. The molecule has 1 aliphatic carbocycles. The highest BCUT2D eigenvalue weighted by atomic mass is 19.4. The molecule has 2 heterocycles. The van der Waals surface area contributed by atoms with Gasteiger partial charge in [0, 0.05) is 18.2 Å². The Labute approximate surface area is 206 Å². The van der Waals surface area contributed by atoms with Gasteiger partial charge >= 0.3 is 6.18 Å². The van der Waals surface area contributed by atoms with Gasteiger partial charge in [-0.15, -0.1) is 10.2 Å². The van der Waals surface area contributed by atoms with Crippen molar-refractivity contribution in [2.24, 2.45) is 0 Å². The Balaban J connectivity index is 1.39. The van der Waals surface area contributed by atoms with Gasteiger partial charge < -0.3 is 9.64 Å². The molecule has 4 aromatic rings. The molecular formula is C25H26F3N7O. The minimum atomic E-state index is -4.41. The van der Waals surface area contributed by atoms with E-state index in [1.54, 1.807) is 23.1 Å². The third-order valence-electron chi connectivity index (χ3n) is 6.08. The number of nitrogens with zero attached hydrogens (tertiary/aromatic N) is 7. The molecule has 188 valence electrons. The second-order valence-corrected chi connectivity index (χ2v) is 9.01. The van der Waals surface area contributed by atoms with Crippen molar-refractivity contribution in [1.82, 2.24) is 29.5 Å². The highest BCUT2D eigenvalue weighted by molar-refractivity contribution is 5.42.